The summed E-state index contributed by atoms with van der Waals surface area (Å²) >= 11 is 0. The quantitative estimate of drug-likeness (QED) is 0.601. The highest BCUT2D eigenvalue weighted by Crippen LogP contribution is 2.23. The van der Waals surface area contributed by atoms with Crippen molar-refractivity contribution in [3.8, 4) is 0 Å². The molecule has 0 bridgehead atoms. The maximum Gasteiger partial charge on any atom is 0.272 e. The minimum Gasteiger partial charge on any atom is -0.396 e. The zero-order valence-corrected chi connectivity index (χ0v) is 11.0. The van der Waals surface area contributed by atoms with E-state index in [9.17, 15) is 10.1 Å². The van der Waals surface area contributed by atoms with E-state index in [0.29, 0.717) is 12.1 Å². The molecule has 2 atom stereocenters. The number of benzene rings is 1. The first-order valence-electron chi connectivity index (χ1n) is 6.05. The molecule has 0 radical (unpaired) electrons. The van der Waals surface area contributed by atoms with Gasteiger partial charge >= 0.3 is 0 Å². The number of hydrogen-bond donors (Lipinski definition) is 2. The third kappa shape index (κ3) is 3.78. The van der Waals surface area contributed by atoms with Gasteiger partial charge in [0, 0.05) is 30.8 Å². The van der Waals surface area contributed by atoms with Gasteiger partial charge in [0.25, 0.3) is 5.69 Å². The third-order valence-corrected chi connectivity index (χ3v) is 3.01. The summed E-state index contributed by atoms with van der Waals surface area (Å²) in [4.78, 5) is 10.5. The second-order valence-corrected chi connectivity index (χ2v) is 4.72. The third-order valence-electron chi connectivity index (χ3n) is 3.01. The normalized spacial score (nSPS) is 14.2. The summed E-state index contributed by atoms with van der Waals surface area (Å²) in [5.41, 5.74) is 1.70. The number of nitro benzene ring substituents is 1. The average Bonchev–Trinajstić information content (AvgIpc) is 2.35. The Balaban J connectivity index is 2.77. The highest BCUT2D eigenvalue weighted by molar-refractivity contribution is 5.43. The maximum atomic E-state index is 10.9. The van der Waals surface area contributed by atoms with Gasteiger partial charge in [-0.15, -0.1) is 0 Å². The Morgan fingerprint density at radius 3 is 2.67 bits per heavy atom. The largest absolute Gasteiger partial charge is 0.396 e. The second kappa shape index (κ2) is 6.47. The van der Waals surface area contributed by atoms with Crippen molar-refractivity contribution < 1.29 is 10.0 Å². The van der Waals surface area contributed by atoms with E-state index in [1.807, 2.05) is 19.9 Å². The summed E-state index contributed by atoms with van der Waals surface area (Å²) in [6.07, 6.45) is 0. The van der Waals surface area contributed by atoms with E-state index in [1.165, 1.54) is 0 Å². The lowest BCUT2D eigenvalue weighted by Crippen LogP contribution is -2.26. The van der Waals surface area contributed by atoms with Gasteiger partial charge in [-0.05, 0) is 25.3 Å². The molecule has 0 aliphatic heterocycles. The van der Waals surface area contributed by atoms with E-state index >= 15 is 0 Å². The van der Waals surface area contributed by atoms with E-state index < -0.39 is 0 Å². The Bertz CT molecular complexity index is 421. The highest BCUT2D eigenvalue weighted by Gasteiger charge is 2.14. The van der Waals surface area contributed by atoms with E-state index in [2.05, 4.69) is 5.32 Å². The molecule has 2 unspecified atom stereocenters. The molecule has 5 heteroatoms. The van der Waals surface area contributed by atoms with Gasteiger partial charge in [0.15, 0.2) is 0 Å². The Morgan fingerprint density at radius 2 is 2.11 bits per heavy atom. The topological polar surface area (TPSA) is 75.4 Å². The van der Waals surface area contributed by atoms with Crippen LogP contribution in [0.15, 0.2) is 18.2 Å². The lowest BCUT2D eigenvalue weighted by atomic mass is 10.0. The Hall–Kier alpha value is -1.46. The molecule has 0 aromatic heterocycles. The fraction of sp³-hybridized carbons (Fsp3) is 0.538. The van der Waals surface area contributed by atoms with Gasteiger partial charge in [0.05, 0.1) is 4.92 Å². The summed E-state index contributed by atoms with van der Waals surface area (Å²) in [5.74, 6) is 0.174. The molecular formula is C13H20N2O3. The van der Waals surface area contributed by atoms with E-state index in [4.69, 9.17) is 5.11 Å². The number of aryl methyl sites for hydroxylation is 1. The zero-order chi connectivity index (χ0) is 13.7. The summed E-state index contributed by atoms with van der Waals surface area (Å²) in [7, 11) is 0. The molecule has 0 amide bonds. The fourth-order valence-electron chi connectivity index (χ4n) is 1.65. The molecule has 1 rings (SSSR count). The first-order valence-corrected chi connectivity index (χ1v) is 6.05. The van der Waals surface area contributed by atoms with E-state index in [0.717, 1.165) is 5.56 Å². The Kier molecular flexibility index (Phi) is 5.25. The second-order valence-electron chi connectivity index (χ2n) is 4.72. The lowest BCUT2D eigenvalue weighted by Gasteiger charge is -2.17. The lowest BCUT2D eigenvalue weighted by molar-refractivity contribution is -0.385. The molecule has 0 fully saturated rings. The number of hydrogen-bond acceptors (Lipinski definition) is 4. The molecule has 5 nitrogen and oxygen atoms in total. The SMILES string of the molecule is Cc1ccc(C(C)NCC(C)CO)cc1[N+](=O)[O-]. The number of nitro groups is 1. The summed E-state index contributed by atoms with van der Waals surface area (Å²) in [6, 6.07) is 5.29. The first-order chi connectivity index (χ1) is 8.45. The molecule has 0 aliphatic rings. The van der Waals surface area contributed by atoms with Crippen molar-refractivity contribution in [2.45, 2.75) is 26.8 Å². The fourth-order valence-corrected chi connectivity index (χ4v) is 1.65. The number of aliphatic hydroxyl groups excluding tert-OH is 1. The van der Waals surface area contributed by atoms with Crippen molar-refractivity contribution in [2.24, 2.45) is 5.92 Å². The Labute approximate surface area is 107 Å². The van der Waals surface area contributed by atoms with Crippen molar-refractivity contribution in [1.29, 1.82) is 0 Å². The molecule has 18 heavy (non-hydrogen) atoms. The molecule has 1 aromatic carbocycles. The van der Waals surface area contributed by atoms with Crippen molar-refractivity contribution in [3.05, 3.63) is 39.4 Å². The summed E-state index contributed by atoms with van der Waals surface area (Å²) < 4.78 is 0. The van der Waals surface area contributed by atoms with Gasteiger partial charge < -0.3 is 10.4 Å². The van der Waals surface area contributed by atoms with Crippen LogP contribution in [0.2, 0.25) is 0 Å². The number of nitrogens with one attached hydrogen (secondary N) is 1. The van der Waals surface area contributed by atoms with Crippen LogP contribution >= 0.6 is 0 Å². The molecule has 0 heterocycles. The van der Waals surface area contributed by atoms with E-state index in [1.54, 1.807) is 19.1 Å². The molecule has 0 saturated carbocycles. The van der Waals surface area contributed by atoms with E-state index in [-0.39, 0.29) is 29.2 Å². The molecular weight excluding hydrogens is 232 g/mol. The minimum absolute atomic E-state index is 0.0262. The van der Waals surface area contributed by atoms with Crippen LogP contribution in [0.1, 0.15) is 31.0 Å². The van der Waals surface area contributed by atoms with Gasteiger partial charge in [-0.25, -0.2) is 0 Å². The predicted octanol–water partition coefficient (Wildman–Crippen LogP) is 2.18. The minimum atomic E-state index is -0.359. The number of aliphatic hydroxyl groups is 1. The first kappa shape index (κ1) is 14.6. The standard InChI is InChI=1S/C13H20N2O3/c1-9(8-16)7-14-11(3)12-5-4-10(2)13(6-12)15(17)18/h4-6,9,11,14,16H,7-8H2,1-3H3. The molecule has 100 valence electrons. The van der Waals surface area contributed by atoms with Gasteiger partial charge in [0.2, 0.25) is 0 Å². The molecule has 0 spiro atoms. The molecule has 2 N–H and O–H groups in total. The van der Waals surface area contributed by atoms with Crippen LogP contribution in [-0.2, 0) is 0 Å². The summed E-state index contributed by atoms with van der Waals surface area (Å²) in [5, 5.41) is 23.1. The monoisotopic (exact) mass is 252 g/mol. The van der Waals surface area contributed by atoms with Crippen LogP contribution in [0.3, 0.4) is 0 Å². The van der Waals surface area contributed by atoms with Crippen LogP contribution in [0.25, 0.3) is 0 Å². The number of rotatable bonds is 6. The Morgan fingerprint density at radius 1 is 1.44 bits per heavy atom. The van der Waals surface area contributed by atoms with Gasteiger partial charge in [0.1, 0.15) is 0 Å². The zero-order valence-electron chi connectivity index (χ0n) is 11.0. The van der Waals surface area contributed by atoms with Gasteiger partial charge in [-0.1, -0.05) is 19.1 Å². The van der Waals surface area contributed by atoms with Crippen molar-refractivity contribution in [1.82, 2.24) is 5.32 Å². The maximum absolute atomic E-state index is 10.9. The van der Waals surface area contributed by atoms with Crippen molar-refractivity contribution in [2.75, 3.05) is 13.2 Å². The highest BCUT2D eigenvalue weighted by atomic mass is 16.6. The van der Waals surface area contributed by atoms with Gasteiger partial charge in [-0.2, -0.15) is 0 Å². The molecule has 0 saturated heterocycles. The van der Waals surface area contributed by atoms with Crippen molar-refractivity contribution in [3.63, 3.8) is 0 Å². The van der Waals surface area contributed by atoms with Gasteiger partial charge in [-0.3, -0.25) is 10.1 Å². The van der Waals surface area contributed by atoms with Crippen LogP contribution < -0.4 is 5.32 Å². The average molecular weight is 252 g/mol. The van der Waals surface area contributed by atoms with Crippen LogP contribution in [-0.4, -0.2) is 23.2 Å². The summed E-state index contributed by atoms with van der Waals surface area (Å²) in [6.45, 7) is 6.44. The molecule has 1 aromatic rings. The smallest absolute Gasteiger partial charge is 0.272 e. The molecule has 0 aliphatic carbocycles. The van der Waals surface area contributed by atoms with Crippen LogP contribution in [0.4, 0.5) is 5.69 Å². The predicted molar refractivity (Wildman–Crippen MR) is 70.5 cm³/mol. The number of nitrogens with zero attached hydrogens (tertiary/aromatic N) is 1. The van der Waals surface area contributed by atoms with Crippen LogP contribution in [0.5, 0.6) is 0 Å². The van der Waals surface area contributed by atoms with Crippen molar-refractivity contribution >= 4 is 5.69 Å². The van der Waals surface area contributed by atoms with Crippen LogP contribution in [0, 0.1) is 23.0 Å².